The van der Waals surface area contributed by atoms with E-state index in [0.29, 0.717) is 0 Å². The third-order valence-corrected chi connectivity index (χ3v) is 1.09. The first-order chi connectivity index (χ1) is 5.06. The highest BCUT2D eigenvalue weighted by Crippen LogP contribution is 1.84. The lowest BCUT2D eigenvalue weighted by molar-refractivity contribution is -0.127. The number of hydrogen-bond donors (Lipinski definition) is 2. The molecule has 0 aliphatic heterocycles. The molecule has 4 heteroatoms. The van der Waals surface area contributed by atoms with Crippen molar-refractivity contribution in [2.45, 2.75) is 26.3 Å². The van der Waals surface area contributed by atoms with Crippen LogP contribution in [0.5, 0.6) is 0 Å². The molecular weight excluding hydrogens is 146 g/mol. The number of amides is 1. The average molecular weight is 159 g/mol. The van der Waals surface area contributed by atoms with Crippen LogP contribution in [0.2, 0.25) is 0 Å². The van der Waals surface area contributed by atoms with Gasteiger partial charge in [0.1, 0.15) is 5.78 Å². The highest BCUT2D eigenvalue weighted by atomic mass is 16.3. The van der Waals surface area contributed by atoms with Gasteiger partial charge in [-0.3, -0.25) is 9.59 Å². The summed E-state index contributed by atoms with van der Waals surface area (Å²) in [6.07, 6.45) is -0.107. The number of carbonyl (C=O) groups excluding carboxylic acids is 2. The van der Waals surface area contributed by atoms with Gasteiger partial charge in [-0.15, -0.1) is 0 Å². The predicted octanol–water partition coefficient (Wildman–Crippen LogP) is -0.537. The molecular formula is C7H13NO3. The quantitative estimate of drug-likeness (QED) is 0.541. The van der Waals surface area contributed by atoms with Crippen LogP contribution in [0.1, 0.15) is 20.3 Å². The molecule has 0 fully saturated rings. The molecule has 0 radical (unpaired) electrons. The van der Waals surface area contributed by atoms with Gasteiger partial charge in [0.2, 0.25) is 5.91 Å². The Morgan fingerprint density at radius 2 is 2.09 bits per heavy atom. The second-order valence-electron chi connectivity index (χ2n) is 2.53. The maximum Gasteiger partial charge on any atom is 0.227 e. The number of Topliss-reactive ketones (excluding diaryl/α,β-unsaturated/α-hetero) is 1. The zero-order valence-corrected chi connectivity index (χ0v) is 6.76. The molecule has 0 bridgehead atoms. The summed E-state index contributed by atoms with van der Waals surface area (Å²) in [5, 5.41) is 11.0. The molecule has 2 N–H and O–H groups in total. The molecule has 0 aromatic carbocycles. The minimum atomic E-state index is -0.334. The Balaban J connectivity index is 3.60. The minimum absolute atomic E-state index is 0.107. The number of nitrogens with one attached hydrogen (secondary N) is 1. The summed E-state index contributed by atoms with van der Waals surface area (Å²) in [5.41, 5.74) is 0. The van der Waals surface area contributed by atoms with Gasteiger partial charge in [0, 0.05) is 6.04 Å². The lowest BCUT2D eigenvalue weighted by atomic mass is 10.3. The fraction of sp³-hybridized carbons (Fsp3) is 0.714. The van der Waals surface area contributed by atoms with Gasteiger partial charge in [-0.25, -0.2) is 0 Å². The van der Waals surface area contributed by atoms with Gasteiger partial charge < -0.3 is 10.4 Å². The van der Waals surface area contributed by atoms with Crippen LogP contribution in [-0.4, -0.2) is 29.4 Å². The third-order valence-electron chi connectivity index (χ3n) is 1.09. The van der Waals surface area contributed by atoms with Gasteiger partial charge in [-0.05, 0) is 13.8 Å². The van der Waals surface area contributed by atoms with E-state index in [1.807, 2.05) is 0 Å². The number of ketones is 1. The zero-order chi connectivity index (χ0) is 8.85. The van der Waals surface area contributed by atoms with Crippen LogP contribution < -0.4 is 5.32 Å². The minimum Gasteiger partial charge on any atom is -0.394 e. The van der Waals surface area contributed by atoms with E-state index in [1.54, 1.807) is 6.92 Å². The molecule has 0 rings (SSSR count). The van der Waals surface area contributed by atoms with Crippen LogP contribution >= 0.6 is 0 Å². The Morgan fingerprint density at radius 3 is 2.45 bits per heavy atom. The maximum absolute atomic E-state index is 10.8. The largest absolute Gasteiger partial charge is 0.394 e. The van der Waals surface area contributed by atoms with Crippen LogP contribution in [0.15, 0.2) is 0 Å². The normalized spacial score (nSPS) is 12.3. The Kier molecular flexibility index (Phi) is 4.45. The van der Waals surface area contributed by atoms with Crippen LogP contribution in [0, 0.1) is 0 Å². The average Bonchev–Trinajstić information content (AvgIpc) is 1.85. The number of hydrogen-bond acceptors (Lipinski definition) is 3. The highest BCUT2D eigenvalue weighted by Gasteiger charge is 2.07. The van der Waals surface area contributed by atoms with Crippen LogP contribution in [0.4, 0.5) is 0 Å². The van der Waals surface area contributed by atoms with Gasteiger partial charge in [0.25, 0.3) is 0 Å². The van der Waals surface area contributed by atoms with Crippen molar-refractivity contribution >= 4 is 11.7 Å². The molecule has 0 aliphatic rings. The molecule has 64 valence electrons. The molecule has 1 unspecified atom stereocenters. The number of rotatable bonds is 4. The van der Waals surface area contributed by atoms with E-state index in [0.717, 1.165) is 0 Å². The molecule has 1 atom stereocenters. The van der Waals surface area contributed by atoms with E-state index in [-0.39, 0.29) is 30.8 Å². The fourth-order valence-corrected chi connectivity index (χ4v) is 0.598. The molecule has 0 aromatic rings. The van der Waals surface area contributed by atoms with Crippen molar-refractivity contribution < 1.29 is 14.7 Å². The monoisotopic (exact) mass is 159 g/mol. The first-order valence-corrected chi connectivity index (χ1v) is 3.46. The summed E-state index contributed by atoms with van der Waals surface area (Å²) < 4.78 is 0. The van der Waals surface area contributed by atoms with E-state index in [2.05, 4.69) is 5.32 Å². The predicted molar refractivity (Wildman–Crippen MR) is 40.0 cm³/mol. The van der Waals surface area contributed by atoms with Crippen molar-refractivity contribution in [1.29, 1.82) is 0 Å². The van der Waals surface area contributed by atoms with Crippen molar-refractivity contribution in [3.63, 3.8) is 0 Å². The maximum atomic E-state index is 10.8. The zero-order valence-electron chi connectivity index (χ0n) is 6.76. The molecule has 11 heavy (non-hydrogen) atoms. The van der Waals surface area contributed by atoms with Crippen LogP contribution in [-0.2, 0) is 9.59 Å². The van der Waals surface area contributed by atoms with Crippen LogP contribution in [0.3, 0.4) is 0 Å². The third kappa shape index (κ3) is 5.54. The summed E-state index contributed by atoms with van der Waals surface area (Å²) in [4.78, 5) is 21.2. The molecule has 0 saturated heterocycles. The van der Waals surface area contributed by atoms with E-state index < -0.39 is 0 Å². The Labute approximate surface area is 65.6 Å². The summed E-state index contributed by atoms with van der Waals surface area (Å²) >= 11 is 0. The summed E-state index contributed by atoms with van der Waals surface area (Å²) in [5.74, 6) is -0.508. The van der Waals surface area contributed by atoms with Crippen molar-refractivity contribution in [3.8, 4) is 0 Å². The van der Waals surface area contributed by atoms with Gasteiger partial charge in [-0.1, -0.05) is 0 Å². The summed E-state index contributed by atoms with van der Waals surface area (Å²) in [6.45, 7) is 2.91. The summed E-state index contributed by atoms with van der Waals surface area (Å²) in [6, 6.07) is -0.276. The Hall–Kier alpha value is -0.900. The van der Waals surface area contributed by atoms with Crippen molar-refractivity contribution in [1.82, 2.24) is 5.32 Å². The van der Waals surface area contributed by atoms with Gasteiger partial charge in [0.05, 0.1) is 13.0 Å². The van der Waals surface area contributed by atoms with Crippen molar-refractivity contribution in [3.05, 3.63) is 0 Å². The first-order valence-electron chi connectivity index (χ1n) is 3.46. The number of aliphatic hydroxyl groups excluding tert-OH is 1. The molecule has 0 heterocycles. The van der Waals surface area contributed by atoms with E-state index in [9.17, 15) is 9.59 Å². The Bertz CT molecular complexity index is 156. The lowest BCUT2D eigenvalue weighted by Gasteiger charge is -2.08. The second-order valence-corrected chi connectivity index (χ2v) is 2.53. The molecule has 0 spiro atoms. The number of carbonyl (C=O) groups is 2. The molecule has 4 nitrogen and oxygen atoms in total. The van der Waals surface area contributed by atoms with E-state index >= 15 is 0 Å². The SMILES string of the molecule is CC(=O)CC(=O)NC(C)CO. The van der Waals surface area contributed by atoms with Gasteiger partial charge in [0.15, 0.2) is 0 Å². The van der Waals surface area contributed by atoms with E-state index in [4.69, 9.17) is 5.11 Å². The Morgan fingerprint density at radius 1 is 1.55 bits per heavy atom. The molecule has 1 amide bonds. The highest BCUT2D eigenvalue weighted by molar-refractivity contribution is 5.96. The molecule has 0 saturated carbocycles. The van der Waals surface area contributed by atoms with Crippen LogP contribution in [0.25, 0.3) is 0 Å². The topological polar surface area (TPSA) is 66.4 Å². The first kappa shape index (κ1) is 10.1. The second kappa shape index (κ2) is 4.85. The standard InChI is InChI=1S/C7H13NO3/c1-5(4-9)8-7(11)3-6(2)10/h5,9H,3-4H2,1-2H3,(H,8,11). The lowest BCUT2D eigenvalue weighted by Crippen LogP contribution is -2.35. The smallest absolute Gasteiger partial charge is 0.227 e. The van der Waals surface area contributed by atoms with Crippen molar-refractivity contribution in [2.24, 2.45) is 0 Å². The molecule has 0 aromatic heterocycles. The molecule has 0 aliphatic carbocycles. The van der Waals surface area contributed by atoms with Gasteiger partial charge >= 0.3 is 0 Å². The van der Waals surface area contributed by atoms with Crippen molar-refractivity contribution in [2.75, 3.05) is 6.61 Å². The summed E-state index contributed by atoms with van der Waals surface area (Å²) in [7, 11) is 0. The number of aliphatic hydroxyl groups is 1. The van der Waals surface area contributed by atoms with E-state index in [1.165, 1.54) is 6.92 Å². The fourth-order valence-electron chi connectivity index (χ4n) is 0.598. The van der Waals surface area contributed by atoms with Gasteiger partial charge in [-0.2, -0.15) is 0 Å².